The summed E-state index contributed by atoms with van der Waals surface area (Å²) >= 11 is 3.25. The number of rotatable bonds is 3. The fourth-order valence-electron chi connectivity index (χ4n) is 1.37. The number of hydrogen-bond donors (Lipinski definition) is 1. The molecule has 0 heterocycles. The second-order valence-corrected chi connectivity index (χ2v) is 6.17. The van der Waals surface area contributed by atoms with Gasteiger partial charge in [-0.3, -0.25) is 4.72 Å². The number of hydrogen-bond acceptors (Lipinski definition) is 2. The summed E-state index contributed by atoms with van der Waals surface area (Å²) in [5.41, 5.74) is 0.419. The Morgan fingerprint density at radius 3 is 2.33 bits per heavy atom. The first kappa shape index (κ1) is 13.0. The van der Waals surface area contributed by atoms with E-state index in [1.165, 1.54) is 18.2 Å². The van der Waals surface area contributed by atoms with Gasteiger partial charge in [0, 0.05) is 10.2 Å². The summed E-state index contributed by atoms with van der Waals surface area (Å²) < 4.78 is 40.1. The zero-order valence-electron chi connectivity index (χ0n) is 9.10. The molecule has 3 nitrogen and oxygen atoms in total. The molecule has 0 saturated heterocycles. The largest absolute Gasteiger partial charge is 0.280 e. The highest BCUT2D eigenvalue weighted by Crippen LogP contribution is 2.19. The molecule has 0 atom stereocenters. The zero-order valence-corrected chi connectivity index (χ0v) is 11.5. The molecule has 2 rings (SSSR count). The van der Waals surface area contributed by atoms with Gasteiger partial charge in [0.05, 0.1) is 4.90 Å². The van der Waals surface area contributed by atoms with E-state index in [2.05, 4.69) is 20.7 Å². The van der Waals surface area contributed by atoms with Crippen molar-refractivity contribution in [2.24, 2.45) is 0 Å². The Labute approximate surface area is 113 Å². The average Bonchev–Trinajstić information content (AvgIpc) is 2.32. The molecule has 0 spiro atoms. The Balaban J connectivity index is 2.30. The third-order valence-corrected chi connectivity index (χ3v) is 4.11. The van der Waals surface area contributed by atoms with E-state index in [1.807, 2.05) is 0 Å². The van der Waals surface area contributed by atoms with Crippen LogP contribution in [0.4, 0.5) is 10.1 Å². The van der Waals surface area contributed by atoms with Crippen LogP contribution < -0.4 is 4.72 Å². The minimum absolute atomic E-state index is 0.106. The van der Waals surface area contributed by atoms with Gasteiger partial charge < -0.3 is 0 Å². The monoisotopic (exact) mass is 329 g/mol. The summed E-state index contributed by atoms with van der Waals surface area (Å²) in [4.78, 5) is -0.106. The van der Waals surface area contributed by atoms with Crippen molar-refractivity contribution in [1.82, 2.24) is 0 Å². The number of benzene rings is 2. The van der Waals surface area contributed by atoms with Crippen LogP contribution >= 0.6 is 15.9 Å². The molecule has 0 aliphatic carbocycles. The molecule has 0 unspecified atom stereocenters. The van der Waals surface area contributed by atoms with E-state index < -0.39 is 15.8 Å². The van der Waals surface area contributed by atoms with E-state index in [0.717, 1.165) is 10.5 Å². The van der Waals surface area contributed by atoms with Crippen molar-refractivity contribution in [3.05, 3.63) is 58.8 Å². The second kappa shape index (κ2) is 5.07. The lowest BCUT2D eigenvalue weighted by Gasteiger charge is -2.08. The first-order chi connectivity index (χ1) is 8.47. The number of sulfonamides is 1. The van der Waals surface area contributed by atoms with Gasteiger partial charge in [-0.2, -0.15) is 0 Å². The Morgan fingerprint density at radius 2 is 1.72 bits per heavy atom. The van der Waals surface area contributed by atoms with Gasteiger partial charge in [0.1, 0.15) is 5.82 Å². The van der Waals surface area contributed by atoms with Crippen molar-refractivity contribution in [2.45, 2.75) is 4.90 Å². The third kappa shape index (κ3) is 3.08. The lowest BCUT2D eigenvalue weighted by Crippen LogP contribution is -2.12. The zero-order chi connectivity index (χ0) is 13.2. The maximum Gasteiger partial charge on any atom is 0.261 e. The molecule has 18 heavy (non-hydrogen) atoms. The molecule has 2 aromatic carbocycles. The van der Waals surface area contributed by atoms with Crippen LogP contribution in [0, 0.1) is 5.82 Å². The second-order valence-electron chi connectivity index (χ2n) is 3.57. The highest BCUT2D eigenvalue weighted by Gasteiger charge is 2.14. The molecule has 0 amide bonds. The van der Waals surface area contributed by atoms with E-state index in [9.17, 15) is 12.8 Å². The van der Waals surface area contributed by atoms with Crippen molar-refractivity contribution in [3.63, 3.8) is 0 Å². The minimum atomic E-state index is -3.75. The topological polar surface area (TPSA) is 46.2 Å². The molecule has 0 bridgehead atoms. The molecule has 0 saturated carbocycles. The average molecular weight is 330 g/mol. The van der Waals surface area contributed by atoms with Crippen LogP contribution in [-0.4, -0.2) is 8.42 Å². The quantitative estimate of drug-likeness (QED) is 0.938. The van der Waals surface area contributed by atoms with Gasteiger partial charge in [0.25, 0.3) is 10.0 Å². The van der Waals surface area contributed by atoms with Crippen molar-refractivity contribution in [1.29, 1.82) is 0 Å². The highest BCUT2D eigenvalue weighted by atomic mass is 79.9. The molecular formula is C12H9BrFNO2S. The van der Waals surface area contributed by atoms with Gasteiger partial charge in [-0.05, 0) is 42.5 Å². The van der Waals surface area contributed by atoms with Crippen molar-refractivity contribution >= 4 is 31.6 Å². The van der Waals surface area contributed by atoms with Crippen LogP contribution in [-0.2, 0) is 10.0 Å². The summed E-state index contributed by atoms with van der Waals surface area (Å²) in [7, 11) is -3.75. The van der Waals surface area contributed by atoms with Crippen LogP contribution in [0.1, 0.15) is 0 Å². The fourth-order valence-corrected chi connectivity index (χ4v) is 2.72. The Bertz CT molecular complexity index is 656. The number of nitrogens with one attached hydrogen (secondary N) is 1. The van der Waals surface area contributed by atoms with Crippen molar-refractivity contribution in [3.8, 4) is 0 Å². The van der Waals surface area contributed by atoms with Crippen LogP contribution in [0.2, 0.25) is 0 Å². The predicted molar refractivity (Wildman–Crippen MR) is 71.4 cm³/mol. The van der Waals surface area contributed by atoms with E-state index in [0.29, 0.717) is 5.69 Å². The molecule has 0 aromatic heterocycles. The fraction of sp³-hybridized carbons (Fsp3) is 0. The summed E-state index contributed by atoms with van der Waals surface area (Å²) in [5, 5.41) is 0. The van der Waals surface area contributed by atoms with E-state index >= 15 is 0 Å². The van der Waals surface area contributed by atoms with Gasteiger partial charge in [-0.15, -0.1) is 0 Å². The van der Waals surface area contributed by atoms with Crippen molar-refractivity contribution in [2.75, 3.05) is 4.72 Å². The molecule has 1 N–H and O–H groups in total. The van der Waals surface area contributed by atoms with Crippen LogP contribution in [0.15, 0.2) is 57.9 Å². The predicted octanol–water partition coefficient (Wildman–Crippen LogP) is 3.39. The summed E-state index contributed by atoms with van der Waals surface area (Å²) in [6.45, 7) is 0. The van der Waals surface area contributed by atoms with Gasteiger partial charge in [0.2, 0.25) is 0 Å². The van der Waals surface area contributed by atoms with Gasteiger partial charge in [-0.1, -0.05) is 22.0 Å². The first-order valence-electron chi connectivity index (χ1n) is 5.01. The van der Waals surface area contributed by atoms with E-state index in [1.54, 1.807) is 24.3 Å². The molecule has 2 aromatic rings. The molecule has 6 heteroatoms. The normalized spacial score (nSPS) is 11.2. The SMILES string of the molecule is O=S(=O)(Nc1ccc(Br)cc1)c1cccc(F)c1. The van der Waals surface area contributed by atoms with Gasteiger partial charge >= 0.3 is 0 Å². The molecule has 0 aliphatic heterocycles. The molecular weight excluding hydrogens is 321 g/mol. The number of anilines is 1. The summed E-state index contributed by atoms with van der Waals surface area (Å²) in [6, 6.07) is 11.5. The highest BCUT2D eigenvalue weighted by molar-refractivity contribution is 9.10. The smallest absolute Gasteiger partial charge is 0.261 e. The minimum Gasteiger partial charge on any atom is -0.280 e. The summed E-state index contributed by atoms with van der Waals surface area (Å²) in [5.74, 6) is -0.589. The van der Waals surface area contributed by atoms with Crippen molar-refractivity contribution < 1.29 is 12.8 Å². The Morgan fingerprint density at radius 1 is 1.06 bits per heavy atom. The van der Waals surface area contributed by atoms with E-state index in [4.69, 9.17) is 0 Å². The Hall–Kier alpha value is -1.40. The number of halogens is 2. The lowest BCUT2D eigenvalue weighted by atomic mass is 10.3. The molecule has 0 fully saturated rings. The van der Waals surface area contributed by atoms with Crippen LogP contribution in [0.25, 0.3) is 0 Å². The molecule has 0 aliphatic rings. The van der Waals surface area contributed by atoms with Gasteiger partial charge in [-0.25, -0.2) is 12.8 Å². The first-order valence-corrected chi connectivity index (χ1v) is 7.29. The molecule has 94 valence electrons. The van der Waals surface area contributed by atoms with E-state index in [-0.39, 0.29) is 4.90 Å². The maximum atomic E-state index is 13.0. The maximum absolute atomic E-state index is 13.0. The lowest BCUT2D eigenvalue weighted by molar-refractivity contribution is 0.595. The standard InChI is InChI=1S/C12H9BrFNO2S/c13-9-4-6-11(7-5-9)15-18(16,17)12-3-1-2-10(14)8-12/h1-8,15H. The Kier molecular flexibility index (Phi) is 3.68. The molecule has 0 radical (unpaired) electrons. The van der Waals surface area contributed by atoms with Gasteiger partial charge in [0.15, 0.2) is 0 Å². The third-order valence-electron chi connectivity index (χ3n) is 2.20. The van der Waals surface area contributed by atoms with Crippen LogP contribution in [0.3, 0.4) is 0 Å². The van der Waals surface area contributed by atoms with Crippen LogP contribution in [0.5, 0.6) is 0 Å². The summed E-state index contributed by atoms with van der Waals surface area (Å²) in [6.07, 6.45) is 0.